The molecule has 3 rings (SSSR count). The Labute approximate surface area is 130 Å². The van der Waals surface area contributed by atoms with Crippen LogP contribution in [0.1, 0.15) is 21.5 Å². The zero-order chi connectivity index (χ0) is 15.5. The number of hydrogen-bond donors (Lipinski definition) is 1. The van der Waals surface area contributed by atoms with E-state index in [0.717, 1.165) is 16.9 Å². The van der Waals surface area contributed by atoms with Crippen molar-refractivity contribution in [3.63, 3.8) is 0 Å². The maximum absolute atomic E-state index is 12.4. The molecule has 0 unspecified atom stereocenters. The third-order valence-electron chi connectivity index (χ3n) is 3.66. The molecule has 3 heteroatoms. The molecule has 3 nitrogen and oxygen atoms in total. The van der Waals surface area contributed by atoms with Crippen molar-refractivity contribution in [1.29, 1.82) is 0 Å². The van der Waals surface area contributed by atoms with Crippen LogP contribution in [0.2, 0.25) is 0 Å². The summed E-state index contributed by atoms with van der Waals surface area (Å²) in [5.74, 6) is -0.0998. The van der Waals surface area contributed by atoms with Gasteiger partial charge in [-0.3, -0.25) is 4.79 Å². The summed E-state index contributed by atoms with van der Waals surface area (Å²) in [5.41, 5.74) is 4.77. The van der Waals surface area contributed by atoms with Gasteiger partial charge in [-0.25, -0.2) is 0 Å². The third-order valence-corrected chi connectivity index (χ3v) is 3.66. The van der Waals surface area contributed by atoms with Crippen molar-refractivity contribution < 1.29 is 4.79 Å². The fraction of sp³-hybridized carbons (Fsp3) is 0.105. The zero-order valence-electron chi connectivity index (χ0n) is 12.7. The van der Waals surface area contributed by atoms with Crippen LogP contribution in [0.3, 0.4) is 0 Å². The molecule has 22 heavy (non-hydrogen) atoms. The average molecular weight is 290 g/mol. The number of nitrogens with one attached hydrogen (secondary N) is 1. The van der Waals surface area contributed by atoms with Gasteiger partial charge in [-0.05, 0) is 55.8 Å². The maximum Gasteiger partial charge on any atom is 0.255 e. The number of hydrogen-bond acceptors (Lipinski definition) is 1. The second kappa shape index (κ2) is 5.90. The Kier molecular flexibility index (Phi) is 3.79. The van der Waals surface area contributed by atoms with E-state index in [-0.39, 0.29) is 5.91 Å². The molecule has 0 aliphatic carbocycles. The van der Waals surface area contributed by atoms with Crippen molar-refractivity contribution in [3.8, 4) is 5.69 Å². The molecule has 0 aliphatic heterocycles. The Morgan fingerprint density at radius 2 is 1.64 bits per heavy atom. The largest absolute Gasteiger partial charge is 0.324 e. The SMILES string of the molecule is Cc1ccc(NC(=O)c2ccc(C)c(-n3cccc3)c2)cc1. The van der Waals surface area contributed by atoms with Crippen LogP contribution in [0.15, 0.2) is 67.0 Å². The van der Waals surface area contributed by atoms with Gasteiger partial charge in [0.05, 0.1) is 0 Å². The average Bonchev–Trinajstić information content (AvgIpc) is 3.04. The molecule has 1 N–H and O–H groups in total. The number of anilines is 1. The lowest BCUT2D eigenvalue weighted by Crippen LogP contribution is -2.12. The van der Waals surface area contributed by atoms with E-state index >= 15 is 0 Å². The first kappa shape index (κ1) is 14.1. The molecule has 0 spiro atoms. The number of benzene rings is 2. The molecule has 0 radical (unpaired) electrons. The van der Waals surface area contributed by atoms with Crippen LogP contribution >= 0.6 is 0 Å². The van der Waals surface area contributed by atoms with Crippen LogP contribution in [0, 0.1) is 13.8 Å². The van der Waals surface area contributed by atoms with Crippen LogP contribution in [-0.2, 0) is 0 Å². The van der Waals surface area contributed by atoms with Gasteiger partial charge in [0.1, 0.15) is 0 Å². The number of carbonyl (C=O) groups is 1. The topological polar surface area (TPSA) is 34.0 Å². The summed E-state index contributed by atoms with van der Waals surface area (Å²) in [4.78, 5) is 12.4. The van der Waals surface area contributed by atoms with E-state index in [1.54, 1.807) is 0 Å². The highest BCUT2D eigenvalue weighted by atomic mass is 16.1. The second-order valence-corrected chi connectivity index (χ2v) is 5.41. The second-order valence-electron chi connectivity index (χ2n) is 5.41. The van der Waals surface area contributed by atoms with Gasteiger partial charge in [-0.2, -0.15) is 0 Å². The summed E-state index contributed by atoms with van der Waals surface area (Å²) in [6.07, 6.45) is 3.95. The summed E-state index contributed by atoms with van der Waals surface area (Å²) in [7, 11) is 0. The minimum absolute atomic E-state index is 0.0998. The minimum atomic E-state index is -0.0998. The van der Waals surface area contributed by atoms with E-state index in [2.05, 4.69) is 5.32 Å². The zero-order valence-corrected chi connectivity index (χ0v) is 12.7. The number of amides is 1. The lowest BCUT2D eigenvalue weighted by Gasteiger charge is -2.11. The molecule has 0 saturated heterocycles. The van der Waals surface area contributed by atoms with Gasteiger partial charge in [-0.15, -0.1) is 0 Å². The summed E-state index contributed by atoms with van der Waals surface area (Å²) in [5, 5.41) is 2.93. The van der Waals surface area contributed by atoms with Crippen LogP contribution in [-0.4, -0.2) is 10.5 Å². The molecule has 0 saturated carbocycles. The Morgan fingerprint density at radius 3 is 2.32 bits per heavy atom. The minimum Gasteiger partial charge on any atom is -0.324 e. The van der Waals surface area contributed by atoms with E-state index in [4.69, 9.17) is 0 Å². The van der Waals surface area contributed by atoms with Gasteiger partial charge in [0, 0.05) is 29.3 Å². The smallest absolute Gasteiger partial charge is 0.255 e. The van der Waals surface area contributed by atoms with Crippen molar-refractivity contribution in [1.82, 2.24) is 4.57 Å². The Hall–Kier alpha value is -2.81. The Bertz CT molecular complexity index is 787. The lowest BCUT2D eigenvalue weighted by molar-refractivity contribution is 0.102. The number of nitrogens with zero attached hydrogens (tertiary/aromatic N) is 1. The number of aryl methyl sites for hydroxylation is 2. The van der Waals surface area contributed by atoms with Crippen molar-refractivity contribution in [2.75, 3.05) is 5.32 Å². The molecule has 1 aromatic heterocycles. The van der Waals surface area contributed by atoms with Gasteiger partial charge in [0.2, 0.25) is 0 Å². The highest BCUT2D eigenvalue weighted by Crippen LogP contribution is 2.18. The van der Waals surface area contributed by atoms with E-state index in [9.17, 15) is 4.79 Å². The highest BCUT2D eigenvalue weighted by Gasteiger charge is 2.09. The van der Waals surface area contributed by atoms with Crippen LogP contribution < -0.4 is 5.32 Å². The normalized spacial score (nSPS) is 10.5. The quantitative estimate of drug-likeness (QED) is 0.764. The van der Waals surface area contributed by atoms with Crippen LogP contribution in [0.4, 0.5) is 5.69 Å². The van der Waals surface area contributed by atoms with Gasteiger partial charge in [0.25, 0.3) is 5.91 Å². The van der Waals surface area contributed by atoms with E-state index < -0.39 is 0 Å². The molecule has 0 aliphatic rings. The molecule has 1 amide bonds. The van der Waals surface area contributed by atoms with E-state index in [1.807, 2.05) is 85.4 Å². The number of carbonyl (C=O) groups excluding carboxylic acids is 1. The van der Waals surface area contributed by atoms with Crippen molar-refractivity contribution in [2.45, 2.75) is 13.8 Å². The molecular weight excluding hydrogens is 272 g/mol. The third kappa shape index (κ3) is 2.93. The van der Waals surface area contributed by atoms with E-state index in [1.165, 1.54) is 5.56 Å². The summed E-state index contributed by atoms with van der Waals surface area (Å²) < 4.78 is 2.01. The van der Waals surface area contributed by atoms with Gasteiger partial charge in [-0.1, -0.05) is 23.8 Å². The molecular formula is C19H18N2O. The molecule has 1 heterocycles. The van der Waals surface area contributed by atoms with Crippen molar-refractivity contribution >= 4 is 11.6 Å². The molecule has 0 bridgehead atoms. The Morgan fingerprint density at radius 1 is 0.955 bits per heavy atom. The van der Waals surface area contributed by atoms with Gasteiger partial charge in [0.15, 0.2) is 0 Å². The number of rotatable bonds is 3. The molecule has 0 atom stereocenters. The van der Waals surface area contributed by atoms with Crippen molar-refractivity contribution in [2.24, 2.45) is 0 Å². The molecule has 110 valence electrons. The first-order valence-corrected chi connectivity index (χ1v) is 7.25. The summed E-state index contributed by atoms with van der Waals surface area (Å²) >= 11 is 0. The first-order chi connectivity index (χ1) is 10.6. The predicted molar refractivity (Wildman–Crippen MR) is 89.6 cm³/mol. The summed E-state index contributed by atoms with van der Waals surface area (Å²) in [6.45, 7) is 4.06. The fourth-order valence-corrected chi connectivity index (χ4v) is 2.36. The highest BCUT2D eigenvalue weighted by molar-refractivity contribution is 6.04. The maximum atomic E-state index is 12.4. The first-order valence-electron chi connectivity index (χ1n) is 7.25. The molecule has 2 aromatic carbocycles. The molecule has 0 fully saturated rings. The van der Waals surface area contributed by atoms with Crippen LogP contribution in [0.5, 0.6) is 0 Å². The van der Waals surface area contributed by atoms with Crippen LogP contribution in [0.25, 0.3) is 5.69 Å². The summed E-state index contributed by atoms with van der Waals surface area (Å²) in [6, 6.07) is 17.5. The standard InChI is InChI=1S/C19H18N2O/c1-14-5-9-17(10-6-14)20-19(22)16-8-7-15(2)18(13-16)21-11-3-4-12-21/h3-13H,1-2H3,(H,20,22). The molecule has 3 aromatic rings. The Balaban J connectivity index is 1.87. The fourth-order valence-electron chi connectivity index (χ4n) is 2.36. The monoisotopic (exact) mass is 290 g/mol. The lowest BCUT2D eigenvalue weighted by atomic mass is 10.1. The van der Waals surface area contributed by atoms with Crippen molar-refractivity contribution in [3.05, 3.63) is 83.7 Å². The predicted octanol–water partition coefficient (Wildman–Crippen LogP) is 4.35. The van der Waals surface area contributed by atoms with Gasteiger partial charge >= 0.3 is 0 Å². The van der Waals surface area contributed by atoms with Gasteiger partial charge < -0.3 is 9.88 Å². The number of aromatic nitrogens is 1. The van der Waals surface area contributed by atoms with E-state index in [0.29, 0.717) is 5.56 Å².